The molecule has 0 unspecified atom stereocenters. The van der Waals surface area contributed by atoms with Crippen LogP contribution in [0.5, 0.6) is 5.75 Å². The van der Waals surface area contributed by atoms with Crippen molar-refractivity contribution in [2.75, 3.05) is 66.4 Å². The Hall–Kier alpha value is -10.0. The second-order valence-corrected chi connectivity index (χ2v) is 36.5. The van der Waals surface area contributed by atoms with Gasteiger partial charge in [0.2, 0.25) is 0 Å². The van der Waals surface area contributed by atoms with Crippen LogP contribution in [0.4, 0.5) is 78.8 Å². The maximum absolute atomic E-state index is 14.1. The van der Waals surface area contributed by atoms with Gasteiger partial charge in [0.05, 0.1) is 89.7 Å². The molecule has 10 aromatic rings. The van der Waals surface area contributed by atoms with Crippen molar-refractivity contribution in [2.24, 2.45) is 52.5 Å². The second kappa shape index (κ2) is 49.3. The summed E-state index contributed by atoms with van der Waals surface area (Å²) in [5, 5.41) is 19.2. The quantitative estimate of drug-likeness (QED) is 0.0230. The molecule has 0 fully saturated rings. The first-order chi connectivity index (χ1) is 59.1. The zero-order valence-electron chi connectivity index (χ0n) is 72.0. The van der Waals surface area contributed by atoms with Crippen LogP contribution in [0.2, 0.25) is 45.2 Å². The van der Waals surface area contributed by atoms with E-state index in [1.807, 2.05) is 68.4 Å². The third kappa shape index (κ3) is 35.7. The molecule has 0 spiro atoms. The highest BCUT2D eigenvalue weighted by atomic mass is 35.5. The van der Waals surface area contributed by atoms with E-state index in [2.05, 4.69) is 51.5 Å². The van der Waals surface area contributed by atoms with Crippen LogP contribution in [-0.4, -0.2) is 97.3 Å². The van der Waals surface area contributed by atoms with Crippen molar-refractivity contribution >= 4 is 219 Å². The Kier molecular flexibility index (Phi) is 41.0. The Morgan fingerprint density at radius 3 is 0.873 bits per heavy atom. The van der Waals surface area contributed by atoms with Crippen LogP contribution in [0.3, 0.4) is 0 Å². The molecule has 0 aliphatic rings. The van der Waals surface area contributed by atoms with E-state index in [1.54, 1.807) is 157 Å². The molecule has 0 atom stereocenters. The molecule has 666 valence electrons. The molecule has 0 aliphatic carbocycles. The summed E-state index contributed by atoms with van der Waals surface area (Å²) in [4.78, 5) is 84.5. The van der Waals surface area contributed by atoms with Crippen molar-refractivity contribution in [2.45, 2.75) is 103 Å². The van der Waals surface area contributed by atoms with Gasteiger partial charge < -0.3 is 31.3 Å². The minimum absolute atomic E-state index is 0.0676. The number of nitrogens with zero attached hydrogens (tertiary/aromatic N) is 5. The molecule has 16 nitrogen and oxygen atoms in total. The predicted octanol–water partition coefficient (Wildman–Crippen LogP) is 29.0. The number of methoxy groups -OCH3 is 1. The fourth-order valence-electron chi connectivity index (χ4n) is 10.7. The molecule has 0 aliphatic heterocycles. The number of ketones is 5. The number of nitrogens with one attached hydrogen (secondary N) is 5. The Labute approximate surface area is 778 Å². The monoisotopic (exact) mass is 1900 g/mol. The average molecular weight is 1900 g/mol. The molecule has 10 rings (SSSR count). The van der Waals surface area contributed by atoms with Gasteiger partial charge >= 0.3 is 0 Å². The number of halogens is 14. The maximum atomic E-state index is 14.1. The van der Waals surface area contributed by atoms with Crippen molar-refractivity contribution in [3.05, 3.63) is 287 Å². The normalized spacial score (nSPS) is 12.0. The number of hydrogen-bond acceptors (Lipinski definition) is 16. The lowest BCUT2D eigenvalue weighted by Gasteiger charge is -2.19. The molecule has 0 aromatic heterocycles. The van der Waals surface area contributed by atoms with E-state index in [1.165, 1.54) is 91.0 Å². The van der Waals surface area contributed by atoms with Crippen LogP contribution in [0.25, 0.3) is 0 Å². The van der Waals surface area contributed by atoms with Gasteiger partial charge in [-0.15, -0.1) is 0 Å². The molecule has 126 heavy (non-hydrogen) atoms. The molecule has 30 heteroatoms. The van der Waals surface area contributed by atoms with Crippen LogP contribution in [0, 0.1) is 56.7 Å². The first-order valence-electron chi connectivity index (χ1n) is 39.3. The summed E-state index contributed by atoms with van der Waals surface area (Å²) in [7, 11) is 1.58. The van der Waals surface area contributed by atoms with Gasteiger partial charge in [-0.2, -0.15) is 0 Å². The molecule has 0 amide bonds. The lowest BCUT2D eigenvalue weighted by Crippen LogP contribution is -2.33. The third-order valence-electron chi connectivity index (χ3n) is 17.3. The standard InChI is InChI=1S/C20H22ClFN2O2.4C19H19Cl2FN2O/c1-20(2,3)19(25)18(24-17-9-8-13(21)10-16(17)22)12-23-14-6-5-7-15(11-14)26-4;1-19(2,3)18(25)17(11-23-14-7-4-12(20)5-8-14)24-16-9-6-13(21)10-15(16)22;1-19(2,3)18(25)17(11-23-14-6-4-5-12(20)9-14)24-16-8-7-13(21)10-15(16)22;1-19(2,3)18(25)17(11-23-15-7-5-4-6-13(15)21)24-16-9-8-12(20)10-14(16)22;1-12(2)9-19(25)18(11-23-16-6-4-3-5-14(16)21)24-17-8-7-13(20)10-15(17)22/h5-11,23H,12H2,1-4H3;3*4-10,23H,11H2,1-3H3;3-8,10,12,23H,9,11H2,1-2H3. The van der Waals surface area contributed by atoms with Crippen LogP contribution < -0.4 is 31.3 Å². The first-order valence-corrected chi connectivity index (χ1v) is 42.7. The number of carbonyl (C=O) groups excluding carboxylic acids is 5. The predicted molar refractivity (Wildman–Crippen MR) is 516 cm³/mol. The lowest BCUT2D eigenvalue weighted by molar-refractivity contribution is -0.120. The number of aliphatic imine (C=N–C) groups is 5. The summed E-state index contributed by atoms with van der Waals surface area (Å²) in [6, 6.07) is 56.7. The van der Waals surface area contributed by atoms with Crippen LogP contribution >= 0.6 is 104 Å². The fourth-order valence-corrected chi connectivity index (χ4v) is 12.2. The van der Waals surface area contributed by atoms with Gasteiger partial charge in [0.15, 0.2) is 28.9 Å². The number of Topliss-reactive ketones (excluding diaryl/α,β-unsaturated/α-hetero) is 5. The minimum Gasteiger partial charge on any atom is -0.497 e. The zero-order chi connectivity index (χ0) is 93.6. The largest absolute Gasteiger partial charge is 0.497 e. The van der Waals surface area contributed by atoms with E-state index in [4.69, 9.17) is 109 Å². The van der Waals surface area contributed by atoms with Crippen molar-refractivity contribution in [3.63, 3.8) is 0 Å². The topological polar surface area (TPSA) is 217 Å². The number of hydrogen-bond donors (Lipinski definition) is 5. The third-order valence-corrected chi connectivity index (χ3v) is 19.6. The smallest absolute Gasteiger partial charge is 0.184 e. The molecule has 0 bridgehead atoms. The summed E-state index contributed by atoms with van der Waals surface area (Å²) < 4.78 is 75.4. The van der Waals surface area contributed by atoms with Gasteiger partial charge in [-0.25, -0.2) is 46.9 Å². The van der Waals surface area contributed by atoms with E-state index >= 15 is 0 Å². The number of rotatable bonds is 28. The molecule has 0 radical (unpaired) electrons. The Bertz CT molecular complexity index is 5630. The highest BCUT2D eigenvalue weighted by Gasteiger charge is 2.31. The highest BCUT2D eigenvalue weighted by Crippen LogP contribution is 2.33. The van der Waals surface area contributed by atoms with Gasteiger partial charge in [0.25, 0.3) is 0 Å². The fraction of sp³-hybridized carbons (Fsp3) is 0.271. The number of para-hydroxylation sites is 2. The van der Waals surface area contributed by atoms with E-state index in [0.29, 0.717) is 43.6 Å². The highest BCUT2D eigenvalue weighted by molar-refractivity contribution is 6.46. The van der Waals surface area contributed by atoms with Crippen LogP contribution in [0.15, 0.2) is 237 Å². The molecular weight excluding hydrogens is 1800 g/mol. The molecule has 0 saturated carbocycles. The minimum atomic E-state index is -0.649. The Balaban J connectivity index is 0.000000243. The summed E-state index contributed by atoms with van der Waals surface area (Å²) in [6.45, 7) is 26.2. The lowest BCUT2D eigenvalue weighted by atomic mass is 9.88. The summed E-state index contributed by atoms with van der Waals surface area (Å²) in [6.07, 6.45) is 0.332. The first kappa shape index (κ1) is 105. The Morgan fingerprint density at radius 1 is 0.310 bits per heavy atom. The second-order valence-electron chi connectivity index (χ2n) is 32.6. The number of benzene rings is 10. The zero-order valence-corrected chi connectivity index (χ0v) is 78.8. The average Bonchev–Trinajstić information content (AvgIpc) is 0.844. The van der Waals surface area contributed by atoms with E-state index in [0.717, 1.165) is 17.1 Å². The molecule has 10 aromatic carbocycles. The number of ether oxygens (including phenoxy) is 1. The molecule has 0 heterocycles. The molecule has 5 N–H and O–H groups in total. The summed E-state index contributed by atoms with van der Waals surface area (Å²) in [5.74, 6) is -2.81. The van der Waals surface area contributed by atoms with Crippen molar-refractivity contribution in [1.82, 2.24) is 0 Å². The van der Waals surface area contributed by atoms with Crippen LogP contribution in [0.1, 0.15) is 103 Å². The molecular formula is C96H98Cl9F5N10O6. The van der Waals surface area contributed by atoms with Gasteiger partial charge in [-0.3, -0.25) is 24.0 Å². The van der Waals surface area contributed by atoms with Crippen LogP contribution in [-0.2, 0) is 24.0 Å². The number of anilines is 5. The van der Waals surface area contributed by atoms with E-state index in [9.17, 15) is 45.9 Å². The Morgan fingerprint density at radius 2 is 0.579 bits per heavy atom. The maximum Gasteiger partial charge on any atom is 0.184 e. The van der Waals surface area contributed by atoms with Crippen molar-refractivity contribution in [3.8, 4) is 5.75 Å². The van der Waals surface area contributed by atoms with Crippen molar-refractivity contribution in [1.29, 1.82) is 0 Å². The number of carbonyl (C=O) groups is 5. The van der Waals surface area contributed by atoms with E-state index in [-0.39, 0.29) is 150 Å². The van der Waals surface area contributed by atoms with Gasteiger partial charge in [0.1, 0.15) is 63.4 Å². The van der Waals surface area contributed by atoms with Gasteiger partial charge in [0, 0.05) is 86.4 Å². The summed E-state index contributed by atoms with van der Waals surface area (Å²) >= 11 is 52.9. The summed E-state index contributed by atoms with van der Waals surface area (Å²) in [5.41, 5.74) is 2.65. The SMILES string of the molecule is CC(C)(C)C(=O)C(CNc1ccc(Cl)cc1)=Nc1ccc(Cl)cc1F.CC(C)(C)C(=O)C(CNc1cccc(Cl)c1)=Nc1ccc(Cl)cc1F.CC(C)(C)C(=O)C(CNc1ccccc1Cl)=Nc1ccc(Cl)cc1F.CC(C)CC(=O)C(CNc1ccccc1Cl)=Nc1ccc(Cl)cc1F.COc1cccc(NCC(=Nc2ccc(Cl)cc2F)C(=O)C(C)(C)C)c1. The van der Waals surface area contributed by atoms with Crippen molar-refractivity contribution < 1.29 is 50.7 Å². The van der Waals surface area contributed by atoms with Gasteiger partial charge in [-0.1, -0.05) is 238 Å². The van der Waals surface area contributed by atoms with Gasteiger partial charge in [-0.05, 0) is 176 Å². The van der Waals surface area contributed by atoms with E-state index < -0.39 is 50.7 Å². The molecule has 0 saturated heterocycles.